The average Bonchev–Trinajstić information content (AvgIpc) is 2.39. The Hall–Kier alpha value is -1.91. The summed E-state index contributed by atoms with van der Waals surface area (Å²) < 4.78 is 0. The summed E-state index contributed by atoms with van der Waals surface area (Å²) in [5.41, 5.74) is 0.246. The van der Waals surface area contributed by atoms with E-state index in [9.17, 15) is 9.59 Å². The van der Waals surface area contributed by atoms with Gasteiger partial charge in [-0.3, -0.25) is 9.78 Å². The SMILES string of the molecule is CC1CCCC(NC(=O)c2cc(C(=O)O)ccn2)C1. The lowest BCUT2D eigenvalue weighted by molar-refractivity contribution is 0.0696. The van der Waals surface area contributed by atoms with E-state index in [1.54, 1.807) is 0 Å². The Morgan fingerprint density at radius 3 is 2.89 bits per heavy atom. The molecular formula is C14H18N2O3. The maximum atomic E-state index is 12.0. The fourth-order valence-electron chi connectivity index (χ4n) is 2.51. The average molecular weight is 262 g/mol. The standard InChI is InChI=1S/C14H18N2O3/c1-9-3-2-4-11(7-9)16-13(17)12-8-10(14(18)19)5-6-15-12/h5-6,8-9,11H,2-4,7H2,1H3,(H,16,17)(H,18,19). The molecule has 0 aromatic carbocycles. The van der Waals surface area contributed by atoms with Gasteiger partial charge >= 0.3 is 5.97 Å². The van der Waals surface area contributed by atoms with E-state index in [4.69, 9.17) is 5.11 Å². The van der Waals surface area contributed by atoms with E-state index in [1.807, 2.05) is 0 Å². The molecule has 1 saturated carbocycles. The molecular weight excluding hydrogens is 244 g/mol. The number of rotatable bonds is 3. The number of carboxylic acid groups (broad SMARTS) is 1. The highest BCUT2D eigenvalue weighted by Gasteiger charge is 2.21. The lowest BCUT2D eigenvalue weighted by Gasteiger charge is -2.27. The number of nitrogens with zero attached hydrogens (tertiary/aromatic N) is 1. The number of hydrogen-bond donors (Lipinski definition) is 2. The summed E-state index contributed by atoms with van der Waals surface area (Å²) in [4.78, 5) is 26.8. The smallest absolute Gasteiger partial charge is 0.335 e. The zero-order valence-corrected chi connectivity index (χ0v) is 10.9. The number of hydrogen-bond acceptors (Lipinski definition) is 3. The third kappa shape index (κ3) is 3.53. The van der Waals surface area contributed by atoms with E-state index in [0.29, 0.717) is 5.92 Å². The first-order valence-electron chi connectivity index (χ1n) is 6.56. The predicted octanol–water partition coefficient (Wildman–Crippen LogP) is 2.09. The number of amides is 1. The van der Waals surface area contributed by atoms with Gasteiger partial charge < -0.3 is 10.4 Å². The van der Waals surface area contributed by atoms with Crippen LogP contribution in [0, 0.1) is 5.92 Å². The molecule has 0 bridgehead atoms. The Morgan fingerprint density at radius 2 is 2.21 bits per heavy atom. The van der Waals surface area contributed by atoms with E-state index in [0.717, 1.165) is 19.3 Å². The van der Waals surface area contributed by atoms with Crippen LogP contribution in [0.5, 0.6) is 0 Å². The van der Waals surface area contributed by atoms with Crippen LogP contribution in [0.2, 0.25) is 0 Å². The molecule has 1 aliphatic carbocycles. The van der Waals surface area contributed by atoms with Crippen molar-refractivity contribution in [1.29, 1.82) is 0 Å². The molecule has 0 saturated heterocycles. The van der Waals surface area contributed by atoms with Crippen molar-refractivity contribution in [2.45, 2.75) is 38.6 Å². The molecule has 102 valence electrons. The molecule has 1 fully saturated rings. The van der Waals surface area contributed by atoms with Gasteiger partial charge in [0, 0.05) is 12.2 Å². The Kier molecular flexibility index (Phi) is 4.14. The molecule has 2 N–H and O–H groups in total. The Balaban J connectivity index is 2.03. The molecule has 0 aliphatic heterocycles. The molecule has 1 aromatic rings. The maximum absolute atomic E-state index is 12.0. The van der Waals surface area contributed by atoms with Crippen LogP contribution in [-0.4, -0.2) is 28.0 Å². The first-order valence-corrected chi connectivity index (χ1v) is 6.56. The fraction of sp³-hybridized carbons (Fsp3) is 0.500. The summed E-state index contributed by atoms with van der Waals surface area (Å²) in [6.45, 7) is 2.18. The second-order valence-corrected chi connectivity index (χ2v) is 5.18. The molecule has 2 rings (SSSR count). The maximum Gasteiger partial charge on any atom is 0.335 e. The molecule has 2 unspecified atom stereocenters. The van der Waals surface area contributed by atoms with Gasteiger partial charge in [0.1, 0.15) is 5.69 Å². The molecule has 5 nitrogen and oxygen atoms in total. The number of nitrogens with one attached hydrogen (secondary N) is 1. The highest BCUT2D eigenvalue weighted by molar-refractivity contribution is 5.95. The highest BCUT2D eigenvalue weighted by Crippen LogP contribution is 2.23. The minimum atomic E-state index is -1.05. The zero-order valence-electron chi connectivity index (χ0n) is 10.9. The van der Waals surface area contributed by atoms with Gasteiger partial charge in [-0.1, -0.05) is 19.8 Å². The monoisotopic (exact) mass is 262 g/mol. The van der Waals surface area contributed by atoms with Gasteiger partial charge in [-0.15, -0.1) is 0 Å². The van der Waals surface area contributed by atoms with Crippen LogP contribution in [0.15, 0.2) is 18.3 Å². The van der Waals surface area contributed by atoms with Gasteiger partial charge in [0.2, 0.25) is 0 Å². The van der Waals surface area contributed by atoms with Gasteiger partial charge in [0.25, 0.3) is 5.91 Å². The van der Waals surface area contributed by atoms with E-state index >= 15 is 0 Å². The number of pyridine rings is 1. The molecule has 1 aliphatic rings. The molecule has 2 atom stereocenters. The summed E-state index contributed by atoms with van der Waals surface area (Å²) in [5.74, 6) is -0.720. The van der Waals surface area contributed by atoms with Gasteiger partial charge in [0.05, 0.1) is 5.56 Å². The Morgan fingerprint density at radius 1 is 1.42 bits per heavy atom. The van der Waals surface area contributed by atoms with E-state index in [1.165, 1.54) is 24.8 Å². The molecule has 0 spiro atoms. The number of carbonyl (C=O) groups is 2. The van der Waals surface area contributed by atoms with Gasteiger partial charge in [-0.25, -0.2) is 4.79 Å². The summed E-state index contributed by atoms with van der Waals surface area (Å²) in [5, 5.41) is 11.8. The highest BCUT2D eigenvalue weighted by atomic mass is 16.4. The Labute approximate surface area is 112 Å². The number of carboxylic acids is 1. The minimum absolute atomic E-state index is 0.0807. The summed E-state index contributed by atoms with van der Waals surface area (Å²) >= 11 is 0. The second kappa shape index (κ2) is 5.82. The normalized spacial score (nSPS) is 22.8. The zero-order chi connectivity index (χ0) is 13.8. The van der Waals surface area contributed by atoms with Crippen LogP contribution < -0.4 is 5.32 Å². The molecule has 1 heterocycles. The first-order chi connectivity index (χ1) is 9.06. The largest absolute Gasteiger partial charge is 0.478 e. The topological polar surface area (TPSA) is 79.3 Å². The van der Waals surface area contributed by atoms with Crippen molar-refractivity contribution in [2.24, 2.45) is 5.92 Å². The predicted molar refractivity (Wildman–Crippen MR) is 70.1 cm³/mol. The third-order valence-electron chi connectivity index (χ3n) is 3.51. The van der Waals surface area contributed by atoms with Crippen LogP contribution in [0.4, 0.5) is 0 Å². The van der Waals surface area contributed by atoms with Gasteiger partial charge in [0.15, 0.2) is 0 Å². The summed E-state index contributed by atoms with van der Waals surface area (Å²) in [7, 11) is 0. The second-order valence-electron chi connectivity index (χ2n) is 5.18. The number of aromatic nitrogens is 1. The first kappa shape index (κ1) is 13.5. The van der Waals surface area contributed by atoms with Gasteiger partial charge in [-0.2, -0.15) is 0 Å². The van der Waals surface area contributed by atoms with Crippen molar-refractivity contribution >= 4 is 11.9 Å². The number of carbonyl (C=O) groups excluding carboxylic acids is 1. The molecule has 5 heteroatoms. The van der Waals surface area contributed by atoms with Crippen molar-refractivity contribution in [3.05, 3.63) is 29.6 Å². The van der Waals surface area contributed by atoms with Crippen LogP contribution >= 0.6 is 0 Å². The van der Waals surface area contributed by atoms with Crippen molar-refractivity contribution in [1.82, 2.24) is 10.3 Å². The lowest BCUT2D eigenvalue weighted by atomic mass is 9.87. The Bertz CT molecular complexity index is 487. The minimum Gasteiger partial charge on any atom is -0.478 e. The van der Waals surface area contributed by atoms with Crippen molar-refractivity contribution in [3.63, 3.8) is 0 Å². The van der Waals surface area contributed by atoms with Crippen LogP contribution in [0.3, 0.4) is 0 Å². The van der Waals surface area contributed by atoms with E-state index in [2.05, 4.69) is 17.2 Å². The fourth-order valence-corrected chi connectivity index (χ4v) is 2.51. The van der Waals surface area contributed by atoms with Crippen LogP contribution in [0.25, 0.3) is 0 Å². The molecule has 1 aromatic heterocycles. The quantitative estimate of drug-likeness (QED) is 0.874. The van der Waals surface area contributed by atoms with E-state index < -0.39 is 5.97 Å². The molecule has 0 radical (unpaired) electrons. The number of aromatic carboxylic acids is 1. The lowest BCUT2D eigenvalue weighted by Crippen LogP contribution is -2.38. The van der Waals surface area contributed by atoms with Crippen molar-refractivity contribution < 1.29 is 14.7 Å². The molecule has 1 amide bonds. The van der Waals surface area contributed by atoms with Crippen LogP contribution in [-0.2, 0) is 0 Å². The molecule has 19 heavy (non-hydrogen) atoms. The van der Waals surface area contributed by atoms with Crippen molar-refractivity contribution in [3.8, 4) is 0 Å². The van der Waals surface area contributed by atoms with Crippen molar-refractivity contribution in [2.75, 3.05) is 0 Å². The van der Waals surface area contributed by atoms with E-state index in [-0.39, 0.29) is 23.2 Å². The summed E-state index contributed by atoms with van der Waals surface area (Å²) in [6, 6.07) is 2.86. The summed E-state index contributed by atoms with van der Waals surface area (Å²) in [6.07, 6.45) is 5.63. The van der Waals surface area contributed by atoms with Gasteiger partial charge in [-0.05, 0) is 30.9 Å². The van der Waals surface area contributed by atoms with Crippen LogP contribution in [0.1, 0.15) is 53.5 Å². The third-order valence-corrected chi connectivity index (χ3v) is 3.51.